The summed E-state index contributed by atoms with van der Waals surface area (Å²) in [6.07, 6.45) is 1.32. The Morgan fingerprint density at radius 2 is 2.05 bits per heavy atom. The SMILES string of the molecule is CC1CCC(NCC(O)c2ccc(F)cc2F)C1C. The van der Waals surface area contributed by atoms with Gasteiger partial charge in [-0.1, -0.05) is 19.9 Å². The summed E-state index contributed by atoms with van der Waals surface area (Å²) in [4.78, 5) is 0. The van der Waals surface area contributed by atoms with E-state index in [9.17, 15) is 13.9 Å². The number of rotatable bonds is 4. The molecule has 1 aliphatic carbocycles. The molecule has 0 amide bonds. The van der Waals surface area contributed by atoms with Crippen LogP contribution in [-0.2, 0) is 0 Å². The first-order valence-electron chi connectivity index (χ1n) is 6.85. The van der Waals surface area contributed by atoms with Crippen LogP contribution in [0.5, 0.6) is 0 Å². The number of benzene rings is 1. The first-order chi connectivity index (χ1) is 8.99. The van der Waals surface area contributed by atoms with Crippen molar-refractivity contribution >= 4 is 0 Å². The molecule has 4 heteroatoms. The van der Waals surface area contributed by atoms with Gasteiger partial charge in [0, 0.05) is 24.2 Å². The van der Waals surface area contributed by atoms with Gasteiger partial charge < -0.3 is 10.4 Å². The lowest BCUT2D eigenvalue weighted by Gasteiger charge is -2.22. The van der Waals surface area contributed by atoms with E-state index in [1.54, 1.807) is 0 Å². The summed E-state index contributed by atoms with van der Waals surface area (Å²) in [5.74, 6) is -0.0794. The van der Waals surface area contributed by atoms with Crippen molar-refractivity contribution in [2.24, 2.45) is 11.8 Å². The molecule has 106 valence electrons. The monoisotopic (exact) mass is 269 g/mol. The Labute approximate surface area is 112 Å². The largest absolute Gasteiger partial charge is 0.387 e. The molecule has 19 heavy (non-hydrogen) atoms. The van der Waals surface area contributed by atoms with Crippen molar-refractivity contribution in [2.45, 2.75) is 38.8 Å². The minimum atomic E-state index is -0.941. The van der Waals surface area contributed by atoms with Crippen LogP contribution in [0.2, 0.25) is 0 Å². The molecule has 4 unspecified atom stereocenters. The van der Waals surface area contributed by atoms with Crippen LogP contribution in [0, 0.1) is 23.5 Å². The normalized spacial score (nSPS) is 28.6. The Bertz CT molecular complexity index is 438. The highest BCUT2D eigenvalue weighted by Crippen LogP contribution is 2.31. The lowest BCUT2D eigenvalue weighted by atomic mass is 9.97. The van der Waals surface area contributed by atoms with Gasteiger partial charge in [-0.15, -0.1) is 0 Å². The van der Waals surface area contributed by atoms with Gasteiger partial charge in [0.25, 0.3) is 0 Å². The molecule has 0 spiro atoms. The fourth-order valence-corrected chi connectivity index (χ4v) is 2.80. The van der Waals surface area contributed by atoms with E-state index in [0.29, 0.717) is 24.4 Å². The molecular weight excluding hydrogens is 248 g/mol. The minimum absolute atomic E-state index is 0.146. The number of hydrogen-bond donors (Lipinski definition) is 2. The topological polar surface area (TPSA) is 32.3 Å². The lowest BCUT2D eigenvalue weighted by molar-refractivity contribution is 0.161. The standard InChI is InChI=1S/C15H21F2NO/c1-9-3-6-14(10(9)2)18-8-15(19)12-5-4-11(16)7-13(12)17/h4-5,7,9-10,14-15,18-19H,3,6,8H2,1-2H3. The maximum atomic E-state index is 13.5. The van der Waals surface area contributed by atoms with E-state index >= 15 is 0 Å². The zero-order chi connectivity index (χ0) is 14.0. The molecule has 1 fully saturated rings. The number of halogens is 2. The molecular formula is C15H21F2NO. The predicted octanol–water partition coefficient (Wildman–Crippen LogP) is 3.02. The molecule has 0 aliphatic heterocycles. The van der Waals surface area contributed by atoms with E-state index in [1.165, 1.54) is 18.6 Å². The van der Waals surface area contributed by atoms with Crippen molar-refractivity contribution in [3.63, 3.8) is 0 Å². The molecule has 1 aliphatic rings. The van der Waals surface area contributed by atoms with Gasteiger partial charge in [-0.25, -0.2) is 8.78 Å². The Hall–Kier alpha value is -1.00. The van der Waals surface area contributed by atoms with Gasteiger partial charge in [0.1, 0.15) is 11.6 Å². The van der Waals surface area contributed by atoms with E-state index in [2.05, 4.69) is 19.2 Å². The minimum Gasteiger partial charge on any atom is -0.387 e. The quantitative estimate of drug-likeness (QED) is 0.880. The number of aliphatic hydroxyl groups is 1. The third-order valence-electron chi connectivity index (χ3n) is 4.36. The van der Waals surface area contributed by atoms with Gasteiger partial charge in [0.2, 0.25) is 0 Å². The van der Waals surface area contributed by atoms with Gasteiger partial charge in [-0.05, 0) is 30.7 Å². The summed E-state index contributed by atoms with van der Waals surface area (Å²) < 4.78 is 26.3. The Balaban J connectivity index is 1.92. The van der Waals surface area contributed by atoms with Gasteiger partial charge >= 0.3 is 0 Å². The molecule has 4 atom stereocenters. The average Bonchev–Trinajstić information content (AvgIpc) is 2.67. The number of nitrogens with one attached hydrogen (secondary N) is 1. The molecule has 0 bridgehead atoms. The summed E-state index contributed by atoms with van der Waals surface area (Å²) in [7, 11) is 0. The van der Waals surface area contributed by atoms with E-state index in [-0.39, 0.29) is 5.56 Å². The molecule has 1 saturated carbocycles. The van der Waals surface area contributed by atoms with Crippen LogP contribution in [0.25, 0.3) is 0 Å². The van der Waals surface area contributed by atoms with E-state index < -0.39 is 17.7 Å². The van der Waals surface area contributed by atoms with Crippen LogP contribution in [0.1, 0.15) is 38.4 Å². The molecule has 1 aromatic carbocycles. The average molecular weight is 269 g/mol. The Morgan fingerprint density at radius 3 is 2.63 bits per heavy atom. The van der Waals surface area contributed by atoms with Crippen molar-refractivity contribution in [1.82, 2.24) is 5.32 Å². The zero-order valence-corrected chi connectivity index (χ0v) is 11.4. The van der Waals surface area contributed by atoms with Gasteiger partial charge in [0.05, 0.1) is 6.10 Å². The summed E-state index contributed by atoms with van der Waals surface area (Å²) in [5, 5.41) is 13.3. The molecule has 0 heterocycles. The highest BCUT2D eigenvalue weighted by molar-refractivity contribution is 5.21. The second-order valence-corrected chi connectivity index (χ2v) is 5.61. The summed E-state index contributed by atoms with van der Waals surface area (Å²) in [6.45, 7) is 4.72. The first kappa shape index (κ1) is 14.4. The Kier molecular flexibility index (Phi) is 4.53. The van der Waals surface area contributed by atoms with Crippen LogP contribution < -0.4 is 5.32 Å². The van der Waals surface area contributed by atoms with Crippen molar-refractivity contribution in [3.8, 4) is 0 Å². The highest BCUT2D eigenvalue weighted by Gasteiger charge is 2.29. The maximum Gasteiger partial charge on any atom is 0.131 e. The maximum absolute atomic E-state index is 13.5. The van der Waals surface area contributed by atoms with Crippen LogP contribution in [0.3, 0.4) is 0 Å². The summed E-state index contributed by atoms with van der Waals surface area (Å²) >= 11 is 0. The van der Waals surface area contributed by atoms with Crippen LogP contribution in [0.4, 0.5) is 8.78 Å². The second kappa shape index (κ2) is 5.97. The van der Waals surface area contributed by atoms with Crippen LogP contribution in [-0.4, -0.2) is 17.7 Å². The van der Waals surface area contributed by atoms with E-state index in [0.717, 1.165) is 12.5 Å². The number of aliphatic hydroxyl groups excluding tert-OH is 1. The van der Waals surface area contributed by atoms with Crippen molar-refractivity contribution in [2.75, 3.05) is 6.54 Å². The molecule has 0 radical (unpaired) electrons. The lowest BCUT2D eigenvalue weighted by Crippen LogP contribution is -2.35. The summed E-state index contributed by atoms with van der Waals surface area (Å²) in [5.41, 5.74) is 0.146. The van der Waals surface area contributed by atoms with Crippen LogP contribution >= 0.6 is 0 Å². The second-order valence-electron chi connectivity index (χ2n) is 5.61. The fourth-order valence-electron chi connectivity index (χ4n) is 2.80. The van der Waals surface area contributed by atoms with Gasteiger partial charge in [-0.2, -0.15) is 0 Å². The van der Waals surface area contributed by atoms with Crippen molar-refractivity contribution < 1.29 is 13.9 Å². The fraction of sp³-hybridized carbons (Fsp3) is 0.600. The first-order valence-corrected chi connectivity index (χ1v) is 6.85. The Morgan fingerprint density at radius 1 is 1.32 bits per heavy atom. The molecule has 0 aromatic heterocycles. The summed E-state index contributed by atoms with van der Waals surface area (Å²) in [6, 6.07) is 3.64. The molecule has 2 rings (SSSR count). The van der Waals surface area contributed by atoms with Gasteiger partial charge in [-0.3, -0.25) is 0 Å². The van der Waals surface area contributed by atoms with Crippen LogP contribution in [0.15, 0.2) is 18.2 Å². The number of hydrogen-bond acceptors (Lipinski definition) is 2. The van der Waals surface area contributed by atoms with Crippen molar-refractivity contribution in [3.05, 3.63) is 35.4 Å². The highest BCUT2D eigenvalue weighted by atomic mass is 19.1. The third-order valence-corrected chi connectivity index (χ3v) is 4.36. The zero-order valence-electron chi connectivity index (χ0n) is 11.4. The molecule has 2 N–H and O–H groups in total. The predicted molar refractivity (Wildman–Crippen MR) is 70.7 cm³/mol. The van der Waals surface area contributed by atoms with E-state index in [4.69, 9.17) is 0 Å². The molecule has 2 nitrogen and oxygen atoms in total. The third kappa shape index (κ3) is 3.31. The molecule has 1 aromatic rings. The van der Waals surface area contributed by atoms with Gasteiger partial charge in [0.15, 0.2) is 0 Å². The van der Waals surface area contributed by atoms with E-state index in [1.807, 2.05) is 0 Å². The van der Waals surface area contributed by atoms with Crippen molar-refractivity contribution in [1.29, 1.82) is 0 Å². The molecule has 0 saturated heterocycles. The smallest absolute Gasteiger partial charge is 0.131 e.